The number of piperidine rings is 1. The highest BCUT2D eigenvalue weighted by Crippen LogP contribution is 2.50. The molecule has 2 bridgehead atoms. The minimum Gasteiger partial charge on any atom is -0.390 e. The van der Waals surface area contributed by atoms with E-state index in [4.69, 9.17) is 5.73 Å². The van der Waals surface area contributed by atoms with E-state index in [-0.39, 0.29) is 5.91 Å². The molecule has 5 rings (SSSR count). The van der Waals surface area contributed by atoms with Crippen LogP contribution >= 0.6 is 11.3 Å². The Morgan fingerprint density at radius 2 is 2.00 bits per heavy atom. The fraction of sp³-hybridized carbons (Fsp3) is 0.353. The quantitative estimate of drug-likeness (QED) is 0.916. The van der Waals surface area contributed by atoms with Gasteiger partial charge < -0.3 is 16.0 Å². The van der Waals surface area contributed by atoms with Gasteiger partial charge in [0.1, 0.15) is 5.00 Å². The first kappa shape index (κ1) is 13.6. The van der Waals surface area contributed by atoms with Crippen LogP contribution in [0.25, 0.3) is 0 Å². The van der Waals surface area contributed by atoms with Crippen LogP contribution in [-0.4, -0.2) is 19.0 Å². The van der Waals surface area contributed by atoms with E-state index >= 15 is 0 Å². The number of anilines is 2. The summed E-state index contributed by atoms with van der Waals surface area (Å²) >= 11 is 1.57. The summed E-state index contributed by atoms with van der Waals surface area (Å²) in [5, 5.41) is 4.91. The maximum Gasteiger partial charge on any atom is 0.254 e. The molecule has 1 saturated heterocycles. The van der Waals surface area contributed by atoms with E-state index in [0.29, 0.717) is 17.5 Å². The monoisotopic (exact) mass is 313 g/mol. The van der Waals surface area contributed by atoms with Gasteiger partial charge in [0.25, 0.3) is 5.91 Å². The molecule has 3 aliphatic rings. The van der Waals surface area contributed by atoms with Gasteiger partial charge in [-0.15, -0.1) is 11.3 Å². The molecule has 0 atom stereocenters. The predicted octanol–water partition coefficient (Wildman–Crippen LogP) is 2.96. The Labute approximate surface area is 133 Å². The maximum absolute atomic E-state index is 12.6. The molecule has 0 radical (unpaired) electrons. The van der Waals surface area contributed by atoms with Crippen LogP contribution in [-0.2, 0) is 6.54 Å². The second kappa shape index (κ2) is 5.32. The molecule has 3 N–H and O–H groups in total. The van der Waals surface area contributed by atoms with Crippen molar-refractivity contribution < 1.29 is 4.79 Å². The van der Waals surface area contributed by atoms with Gasteiger partial charge in [0, 0.05) is 25.2 Å². The lowest BCUT2D eigenvalue weighted by Gasteiger charge is -2.40. The Bertz CT molecular complexity index is 702. The summed E-state index contributed by atoms with van der Waals surface area (Å²) in [6.07, 6.45) is 2.28. The van der Waals surface area contributed by atoms with Crippen molar-refractivity contribution in [2.24, 2.45) is 0 Å². The number of nitrogens with zero attached hydrogens (tertiary/aromatic N) is 1. The molecule has 0 spiro atoms. The smallest absolute Gasteiger partial charge is 0.254 e. The van der Waals surface area contributed by atoms with Crippen molar-refractivity contribution in [3.05, 3.63) is 47.0 Å². The van der Waals surface area contributed by atoms with Gasteiger partial charge in [-0.2, -0.15) is 0 Å². The molecule has 1 fully saturated rings. The zero-order valence-corrected chi connectivity index (χ0v) is 13.2. The van der Waals surface area contributed by atoms with E-state index in [1.165, 1.54) is 10.6 Å². The summed E-state index contributed by atoms with van der Waals surface area (Å²) < 4.78 is 0. The molecule has 0 saturated carbocycles. The average molecular weight is 313 g/mol. The van der Waals surface area contributed by atoms with Gasteiger partial charge in [-0.1, -0.05) is 30.3 Å². The minimum absolute atomic E-state index is 0.0346. The van der Waals surface area contributed by atoms with E-state index in [9.17, 15) is 4.79 Å². The van der Waals surface area contributed by atoms with E-state index in [2.05, 4.69) is 10.2 Å². The number of hydrogen-bond acceptors (Lipinski definition) is 4. The zero-order chi connectivity index (χ0) is 15.1. The Hall–Kier alpha value is -2.01. The first-order chi connectivity index (χ1) is 10.7. The van der Waals surface area contributed by atoms with Crippen molar-refractivity contribution in [3.8, 4) is 0 Å². The average Bonchev–Trinajstić information content (AvgIpc) is 2.93. The molecule has 0 aliphatic carbocycles. The lowest BCUT2D eigenvalue weighted by atomic mass is 9.84. The highest BCUT2D eigenvalue weighted by molar-refractivity contribution is 7.20. The van der Waals surface area contributed by atoms with Crippen LogP contribution in [0.1, 0.15) is 40.2 Å². The number of hydrogen-bond donors (Lipinski definition) is 2. The SMILES string of the molecule is Nc1sc2c(c1C(=O)NCc1ccccc1)C1CCN2CC1. The summed E-state index contributed by atoms with van der Waals surface area (Å²) in [7, 11) is 0. The maximum atomic E-state index is 12.6. The molecule has 114 valence electrons. The molecule has 4 nitrogen and oxygen atoms in total. The molecule has 22 heavy (non-hydrogen) atoms. The predicted molar refractivity (Wildman–Crippen MR) is 90.5 cm³/mol. The van der Waals surface area contributed by atoms with Crippen LogP contribution in [0.5, 0.6) is 0 Å². The summed E-state index contributed by atoms with van der Waals surface area (Å²) in [6.45, 7) is 2.74. The van der Waals surface area contributed by atoms with Crippen molar-refractivity contribution in [2.75, 3.05) is 23.7 Å². The fourth-order valence-electron chi connectivity index (χ4n) is 3.54. The van der Waals surface area contributed by atoms with Crippen molar-refractivity contribution in [2.45, 2.75) is 25.3 Å². The van der Waals surface area contributed by atoms with Gasteiger partial charge in [0.2, 0.25) is 0 Å². The molecule has 1 aromatic heterocycles. The lowest BCUT2D eigenvalue weighted by Crippen LogP contribution is -2.38. The third kappa shape index (κ3) is 2.16. The minimum atomic E-state index is -0.0346. The number of amides is 1. The van der Waals surface area contributed by atoms with Crippen LogP contribution in [0, 0.1) is 0 Å². The van der Waals surface area contributed by atoms with Crippen LogP contribution in [0.15, 0.2) is 30.3 Å². The molecule has 3 aliphatic heterocycles. The van der Waals surface area contributed by atoms with Gasteiger partial charge in [-0.3, -0.25) is 4.79 Å². The highest BCUT2D eigenvalue weighted by Gasteiger charge is 2.37. The molecule has 0 unspecified atom stereocenters. The lowest BCUT2D eigenvalue weighted by molar-refractivity contribution is 0.0950. The summed E-state index contributed by atoms with van der Waals surface area (Å²) in [6, 6.07) is 9.97. The number of benzene rings is 1. The molecule has 5 heteroatoms. The first-order valence-corrected chi connectivity index (χ1v) is 8.55. The molecule has 4 heterocycles. The number of thiophene rings is 1. The van der Waals surface area contributed by atoms with E-state index in [1.54, 1.807) is 11.3 Å². The van der Waals surface area contributed by atoms with Gasteiger partial charge >= 0.3 is 0 Å². The molecular formula is C17H19N3OS. The van der Waals surface area contributed by atoms with Crippen LogP contribution in [0.3, 0.4) is 0 Å². The number of carbonyl (C=O) groups is 1. The second-order valence-electron chi connectivity index (χ2n) is 5.99. The normalized spacial score (nSPS) is 16.6. The Balaban J connectivity index is 1.59. The molecule has 2 aromatic rings. The van der Waals surface area contributed by atoms with Gasteiger partial charge in [0.05, 0.1) is 10.6 Å². The van der Waals surface area contributed by atoms with Crippen LogP contribution in [0.2, 0.25) is 0 Å². The number of fused-ring (bicyclic) bond motifs is 2. The standard InChI is InChI=1S/C17H19N3OS/c18-15-14(16(21)19-10-11-4-2-1-3-5-11)13-12-6-8-20(9-7-12)17(13)22-15/h1-5,12H,6-10,18H2,(H,19,21). The topological polar surface area (TPSA) is 58.4 Å². The summed E-state index contributed by atoms with van der Waals surface area (Å²) in [5.74, 6) is 0.471. The Morgan fingerprint density at radius 3 is 2.73 bits per heavy atom. The van der Waals surface area contributed by atoms with E-state index < -0.39 is 0 Å². The third-order valence-corrected chi connectivity index (χ3v) is 5.76. The molecule has 1 aromatic carbocycles. The number of carbonyl (C=O) groups excluding carboxylic acids is 1. The fourth-order valence-corrected chi connectivity index (χ4v) is 4.74. The third-order valence-electron chi connectivity index (χ3n) is 4.67. The number of rotatable bonds is 3. The Kier molecular flexibility index (Phi) is 3.30. The number of nitrogens with two attached hydrogens (primary N) is 1. The largest absolute Gasteiger partial charge is 0.390 e. The van der Waals surface area contributed by atoms with Gasteiger partial charge in [0.15, 0.2) is 0 Å². The summed E-state index contributed by atoms with van der Waals surface area (Å²) in [5.41, 5.74) is 9.20. The molecular weight excluding hydrogens is 294 g/mol. The summed E-state index contributed by atoms with van der Waals surface area (Å²) in [4.78, 5) is 15.0. The van der Waals surface area contributed by atoms with Crippen LogP contribution in [0.4, 0.5) is 10.0 Å². The zero-order valence-electron chi connectivity index (χ0n) is 12.3. The van der Waals surface area contributed by atoms with Gasteiger partial charge in [-0.05, 0) is 24.3 Å². The van der Waals surface area contributed by atoms with E-state index in [1.807, 2.05) is 30.3 Å². The van der Waals surface area contributed by atoms with E-state index in [0.717, 1.165) is 37.1 Å². The van der Waals surface area contributed by atoms with Crippen molar-refractivity contribution >= 4 is 27.2 Å². The first-order valence-electron chi connectivity index (χ1n) is 7.73. The second-order valence-corrected chi connectivity index (χ2v) is 7.02. The number of nitrogen functional groups attached to an aromatic ring is 1. The van der Waals surface area contributed by atoms with Crippen molar-refractivity contribution in [3.63, 3.8) is 0 Å². The number of nitrogens with one attached hydrogen (secondary N) is 1. The van der Waals surface area contributed by atoms with Crippen molar-refractivity contribution in [1.29, 1.82) is 0 Å². The highest BCUT2D eigenvalue weighted by atomic mass is 32.1. The van der Waals surface area contributed by atoms with Crippen molar-refractivity contribution in [1.82, 2.24) is 5.32 Å². The molecule has 1 amide bonds. The Morgan fingerprint density at radius 1 is 1.27 bits per heavy atom. The van der Waals surface area contributed by atoms with Gasteiger partial charge in [-0.25, -0.2) is 0 Å². The van der Waals surface area contributed by atoms with Crippen LogP contribution < -0.4 is 16.0 Å².